The van der Waals surface area contributed by atoms with E-state index < -0.39 is 65.8 Å². The minimum absolute atomic E-state index is 0.0242. The van der Waals surface area contributed by atoms with Gasteiger partial charge >= 0.3 is 11.4 Å². The first kappa shape index (κ1) is 36.8. The normalized spacial score (nSPS) is 23.3. The molecule has 1 aliphatic carbocycles. The van der Waals surface area contributed by atoms with Crippen LogP contribution in [0.5, 0.6) is 0 Å². The SMILES string of the molecule is O=C1c2ccccc2C(=O)c2cc(CCCCN(C[C@H]3O[C@@H](n4ccc(=O)[nH]c4=O)C[C@@H]3O)C(=O)C[C@H]3C[C@H](n4ccc(=O)[nH]c4=O)O[C@@H]3CO)ccc21. The van der Waals surface area contributed by atoms with E-state index in [9.17, 15) is 43.8 Å². The van der Waals surface area contributed by atoms with Crippen molar-refractivity contribution in [3.05, 3.63) is 136 Å². The number of rotatable bonds is 12. The number of aromatic nitrogens is 4. The molecule has 2 fully saturated rings. The third kappa shape index (κ3) is 7.45. The number of fused-ring (bicyclic) bond motifs is 2. The number of ketones is 2. The number of aliphatic hydroxyl groups excluding tert-OH is 2. The molecular formula is C38H39N5O11. The highest BCUT2D eigenvalue weighted by molar-refractivity contribution is 6.28. The number of carbonyl (C=O) groups is 3. The number of aliphatic hydroxyl groups is 2. The second kappa shape index (κ2) is 15.4. The summed E-state index contributed by atoms with van der Waals surface area (Å²) in [5.41, 5.74) is -0.186. The van der Waals surface area contributed by atoms with Crippen LogP contribution in [0.15, 0.2) is 86.2 Å². The van der Waals surface area contributed by atoms with Crippen molar-refractivity contribution >= 4 is 17.5 Å². The van der Waals surface area contributed by atoms with Crippen molar-refractivity contribution < 1.29 is 34.1 Å². The molecule has 3 aliphatic rings. The average molecular weight is 742 g/mol. The number of ether oxygens (including phenoxy) is 2. The van der Waals surface area contributed by atoms with Gasteiger partial charge < -0.3 is 24.6 Å². The van der Waals surface area contributed by atoms with Crippen LogP contribution in [0, 0.1) is 5.92 Å². The van der Waals surface area contributed by atoms with Gasteiger partial charge in [0.05, 0.1) is 18.8 Å². The quantitative estimate of drug-likeness (QED) is 0.130. The zero-order chi connectivity index (χ0) is 38.1. The molecule has 54 heavy (non-hydrogen) atoms. The molecular weight excluding hydrogens is 702 g/mol. The molecule has 16 nitrogen and oxygen atoms in total. The zero-order valence-electron chi connectivity index (χ0n) is 29.1. The fraction of sp³-hybridized carbons (Fsp3) is 0.395. The molecule has 4 aromatic rings. The molecule has 2 saturated heterocycles. The number of H-pyrrole nitrogens is 2. The molecule has 16 heteroatoms. The largest absolute Gasteiger partial charge is 0.394 e. The van der Waals surface area contributed by atoms with Crippen molar-refractivity contribution in [3.63, 3.8) is 0 Å². The van der Waals surface area contributed by atoms with Crippen LogP contribution in [0.1, 0.15) is 82.0 Å². The van der Waals surface area contributed by atoms with Gasteiger partial charge in [-0.15, -0.1) is 0 Å². The predicted molar refractivity (Wildman–Crippen MR) is 190 cm³/mol. The Balaban J connectivity index is 1.04. The van der Waals surface area contributed by atoms with Crippen molar-refractivity contribution in [1.82, 2.24) is 24.0 Å². The summed E-state index contributed by atoms with van der Waals surface area (Å²) in [6.07, 6.45) is 0.0739. The monoisotopic (exact) mass is 741 g/mol. The second-order valence-corrected chi connectivity index (χ2v) is 13.9. The van der Waals surface area contributed by atoms with Gasteiger partial charge in [0.2, 0.25) is 5.91 Å². The lowest BCUT2D eigenvalue weighted by Gasteiger charge is -2.28. The van der Waals surface area contributed by atoms with E-state index in [4.69, 9.17) is 9.47 Å². The first-order valence-corrected chi connectivity index (χ1v) is 17.8. The molecule has 0 saturated carbocycles. The lowest BCUT2D eigenvalue weighted by Crippen LogP contribution is -2.42. The zero-order valence-corrected chi connectivity index (χ0v) is 29.1. The van der Waals surface area contributed by atoms with E-state index in [1.54, 1.807) is 41.3 Å². The van der Waals surface area contributed by atoms with Crippen molar-refractivity contribution in [2.45, 2.75) is 69.3 Å². The molecule has 7 rings (SSSR count). The lowest BCUT2D eigenvalue weighted by atomic mass is 9.83. The summed E-state index contributed by atoms with van der Waals surface area (Å²) in [5.74, 6) is -1.20. The molecule has 0 radical (unpaired) electrons. The minimum Gasteiger partial charge on any atom is -0.394 e. The third-order valence-electron chi connectivity index (χ3n) is 10.4. The molecule has 282 valence electrons. The highest BCUT2D eigenvalue weighted by atomic mass is 16.5. The van der Waals surface area contributed by atoms with Crippen molar-refractivity contribution in [1.29, 1.82) is 0 Å². The van der Waals surface area contributed by atoms with Crippen LogP contribution in [0.2, 0.25) is 0 Å². The van der Waals surface area contributed by atoms with Gasteiger partial charge in [0.25, 0.3) is 11.1 Å². The maximum Gasteiger partial charge on any atom is 0.330 e. The molecule has 2 aliphatic heterocycles. The van der Waals surface area contributed by atoms with Crippen LogP contribution in [-0.4, -0.2) is 89.7 Å². The van der Waals surface area contributed by atoms with Crippen molar-refractivity contribution in [3.8, 4) is 0 Å². The topological polar surface area (TPSA) is 223 Å². The van der Waals surface area contributed by atoms with Crippen molar-refractivity contribution in [2.75, 3.05) is 19.7 Å². The highest BCUT2D eigenvalue weighted by Gasteiger charge is 2.40. The molecule has 1 amide bonds. The molecule has 0 bridgehead atoms. The van der Waals surface area contributed by atoms with Gasteiger partial charge in [0.1, 0.15) is 18.6 Å². The number of benzene rings is 2. The Hall–Kier alpha value is -5.55. The number of hydrogen-bond acceptors (Lipinski definition) is 11. The average Bonchev–Trinajstić information content (AvgIpc) is 3.73. The number of unbranched alkanes of at least 4 members (excludes halogenated alkanes) is 1. The van der Waals surface area contributed by atoms with Crippen LogP contribution in [0.4, 0.5) is 0 Å². The molecule has 6 atom stereocenters. The number of aromatic amines is 2. The van der Waals surface area contributed by atoms with E-state index in [2.05, 4.69) is 9.97 Å². The highest BCUT2D eigenvalue weighted by Crippen LogP contribution is 2.36. The molecule has 0 unspecified atom stereocenters. The van der Waals surface area contributed by atoms with Crippen LogP contribution < -0.4 is 22.5 Å². The van der Waals surface area contributed by atoms with Crippen LogP contribution in [-0.2, 0) is 20.7 Å². The van der Waals surface area contributed by atoms with Gasteiger partial charge in [-0.2, -0.15) is 0 Å². The number of nitrogens with zero attached hydrogens (tertiary/aromatic N) is 3. The predicted octanol–water partition coefficient (Wildman–Crippen LogP) is 0.648. The molecule has 2 aromatic carbocycles. The molecule has 2 aromatic heterocycles. The van der Waals surface area contributed by atoms with Gasteiger partial charge in [-0.05, 0) is 37.3 Å². The lowest BCUT2D eigenvalue weighted by molar-refractivity contribution is -0.136. The standard InChI is InChI=1S/C38H39N5O11/c44-20-29-22(17-33(54-29)42-13-10-30(46)39-37(42)51)16-32(48)41(19-28-27(45)18-34(53-28)43-14-11-31(47)40-38(43)52)12-4-3-5-21-8-9-25-26(15-21)36(50)24-7-2-1-6-23(24)35(25)49/h1-2,6-11,13-15,22,27-29,33-34,44-45H,3-5,12,16-20H2,(H,39,46,51)(H,40,47,52)/t22-,27-,28+,29+,33+,34+/m0/s1. The Morgan fingerprint density at radius 3 is 1.98 bits per heavy atom. The maximum atomic E-state index is 14.0. The van der Waals surface area contributed by atoms with Crippen LogP contribution >= 0.6 is 0 Å². The minimum atomic E-state index is -1.04. The Bertz CT molecular complexity index is 2330. The van der Waals surface area contributed by atoms with E-state index in [0.29, 0.717) is 41.5 Å². The van der Waals surface area contributed by atoms with E-state index >= 15 is 0 Å². The summed E-state index contributed by atoms with van der Waals surface area (Å²) < 4.78 is 14.3. The summed E-state index contributed by atoms with van der Waals surface area (Å²) in [6, 6.07) is 14.3. The van der Waals surface area contributed by atoms with Crippen LogP contribution in [0.25, 0.3) is 0 Å². The summed E-state index contributed by atoms with van der Waals surface area (Å²) >= 11 is 0. The van der Waals surface area contributed by atoms with Gasteiger partial charge in [-0.3, -0.25) is 43.1 Å². The Kier molecular flexibility index (Phi) is 10.5. The van der Waals surface area contributed by atoms with E-state index in [1.165, 1.54) is 33.7 Å². The number of amides is 1. The fourth-order valence-electron chi connectivity index (χ4n) is 7.55. The summed E-state index contributed by atoms with van der Waals surface area (Å²) in [4.78, 5) is 94.2. The molecule has 0 spiro atoms. The summed E-state index contributed by atoms with van der Waals surface area (Å²) in [7, 11) is 0. The number of aryl methyl sites for hydroxylation is 1. The molecule has 4 N–H and O–H groups in total. The summed E-state index contributed by atoms with van der Waals surface area (Å²) in [6.45, 7) is -0.179. The second-order valence-electron chi connectivity index (χ2n) is 13.9. The Labute approximate surface area is 306 Å². The van der Waals surface area contributed by atoms with Gasteiger partial charge in [-0.25, -0.2) is 9.59 Å². The van der Waals surface area contributed by atoms with E-state index in [1.807, 2.05) is 6.07 Å². The number of hydrogen-bond donors (Lipinski definition) is 4. The van der Waals surface area contributed by atoms with E-state index in [-0.39, 0.29) is 49.8 Å². The first-order chi connectivity index (χ1) is 26.0. The van der Waals surface area contributed by atoms with Gasteiger partial charge in [-0.1, -0.05) is 36.4 Å². The molecule has 4 heterocycles. The van der Waals surface area contributed by atoms with Crippen molar-refractivity contribution in [2.24, 2.45) is 5.92 Å². The van der Waals surface area contributed by atoms with Gasteiger partial charge in [0, 0.05) is 78.6 Å². The summed E-state index contributed by atoms with van der Waals surface area (Å²) in [5, 5.41) is 21.1. The van der Waals surface area contributed by atoms with E-state index in [0.717, 1.165) is 5.56 Å². The number of carbonyl (C=O) groups excluding carboxylic acids is 3. The third-order valence-corrected chi connectivity index (χ3v) is 10.4. The number of nitrogens with one attached hydrogen (secondary N) is 2. The Morgan fingerprint density at radius 1 is 0.759 bits per heavy atom. The Morgan fingerprint density at radius 2 is 1.35 bits per heavy atom. The first-order valence-electron chi connectivity index (χ1n) is 17.8. The van der Waals surface area contributed by atoms with Gasteiger partial charge in [0.15, 0.2) is 11.6 Å². The maximum absolute atomic E-state index is 14.0. The smallest absolute Gasteiger partial charge is 0.330 e. The van der Waals surface area contributed by atoms with Crippen LogP contribution in [0.3, 0.4) is 0 Å². The fourth-order valence-corrected chi connectivity index (χ4v) is 7.55.